The Hall–Kier alpha value is -2.67. The molecule has 2 aliphatic heterocycles. The summed E-state index contributed by atoms with van der Waals surface area (Å²) in [5, 5.41) is 24.5. The van der Waals surface area contributed by atoms with Gasteiger partial charge in [0.25, 0.3) is 0 Å². The van der Waals surface area contributed by atoms with Gasteiger partial charge < -0.3 is 25.4 Å². The van der Waals surface area contributed by atoms with Crippen LogP contribution in [-0.2, 0) is 14.3 Å². The number of anilines is 2. The number of hydrazone groups is 1. The molecule has 2 fully saturated rings. The summed E-state index contributed by atoms with van der Waals surface area (Å²) in [5.74, 6) is -0.157. The maximum atomic E-state index is 11.6. The van der Waals surface area contributed by atoms with Crippen LogP contribution in [-0.4, -0.2) is 72.8 Å². The number of aromatic nitrogens is 4. The number of hydrogen-bond donors (Lipinski definition) is 4. The summed E-state index contributed by atoms with van der Waals surface area (Å²) < 4.78 is 12.5. The lowest BCUT2D eigenvalue weighted by Gasteiger charge is -2.18. The Morgan fingerprint density at radius 1 is 1.38 bits per heavy atom. The number of nitrogens with one attached hydrogen (secondary N) is 1. The highest BCUT2D eigenvalue weighted by Crippen LogP contribution is 2.32. The van der Waals surface area contributed by atoms with E-state index in [1.165, 1.54) is 17.8 Å². The van der Waals surface area contributed by atoms with E-state index in [4.69, 9.17) is 15.2 Å². The Bertz CT molecular complexity index is 926. The number of imidazole rings is 1. The third-order valence-corrected chi connectivity index (χ3v) is 4.98. The Morgan fingerprint density at radius 2 is 2.21 bits per heavy atom. The number of fused-ring (bicyclic) bond motifs is 1. The van der Waals surface area contributed by atoms with Crippen LogP contribution in [0.5, 0.6) is 0 Å². The molecule has 29 heavy (non-hydrogen) atoms. The summed E-state index contributed by atoms with van der Waals surface area (Å²) in [6, 6.07) is 0. The molecule has 5 atom stereocenters. The number of hydrogen-bond acceptors (Lipinski definition) is 11. The van der Waals surface area contributed by atoms with Crippen LogP contribution in [0.2, 0.25) is 0 Å². The number of aliphatic hydroxyl groups is 2. The molecule has 12 heteroatoms. The molecule has 2 aliphatic rings. The molecule has 0 radical (unpaired) electrons. The largest absolute Gasteiger partial charge is 0.387 e. The zero-order chi connectivity index (χ0) is 20.5. The van der Waals surface area contributed by atoms with Gasteiger partial charge in [-0.3, -0.25) is 9.36 Å². The predicted molar refractivity (Wildman–Crippen MR) is 102 cm³/mol. The molecule has 1 unspecified atom stereocenters. The van der Waals surface area contributed by atoms with Crippen LogP contribution in [0.1, 0.15) is 32.4 Å². The van der Waals surface area contributed by atoms with Crippen LogP contribution in [0, 0.1) is 0 Å². The lowest BCUT2D eigenvalue weighted by atomic mass is 10.1. The van der Waals surface area contributed by atoms with Crippen LogP contribution >= 0.6 is 0 Å². The second-order valence-corrected chi connectivity index (χ2v) is 7.09. The third kappa shape index (κ3) is 3.79. The first-order valence-electron chi connectivity index (χ1n) is 9.38. The number of nitrogens with zero attached hydrogens (tertiary/aromatic N) is 5. The molecule has 156 valence electrons. The highest BCUT2D eigenvalue weighted by molar-refractivity contribution is 5.83. The van der Waals surface area contributed by atoms with E-state index in [9.17, 15) is 15.0 Å². The standard InChI is InChI=1S/C17H23N7O5/c1-8(25)13-11(26)12(27)16(29-13)24-7-19-10-14(18)21-17(22-15(10)24)23-20-6-9-4-2-3-5-28-9/h6-7,9,11-13,16,26-27H,2-5H2,1H3,(H3,18,21,22,23)/b20-6+/t9?,11-,12+,13+,16+/m0/s1. The van der Waals surface area contributed by atoms with Gasteiger partial charge in [0, 0.05) is 6.61 Å². The lowest BCUT2D eigenvalue weighted by molar-refractivity contribution is -0.133. The molecule has 12 nitrogen and oxygen atoms in total. The van der Waals surface area contributed by atoms with Gasteiger partial charge in [0.2, 0.25) is 5.95 Å². The number of ketones is 1. The number of rotatable bonds is 5. The molecule has 0 bridgehead atoms. The summed E-state index contributed by atoms with van der Waals surface area (Å²) in [4.78, 5) is 24.2. The van der Waals surface area contributed by atoms with Gasteiger partial charge in [-0.1, -0.05) is 0 Å². The minimum absolute atomic E-state index is 0.0603. The van der Waals surface area contributed by atoms with Crippen molar-refractivity contribution in [2.24, 2.45) is 5.10 Å². The molecule has 0 aliphatic carbocycles. The molecule has 4 heterocycles. The highest BCUT2D eigenvalue weighted by atomic mass is 16.6. The maximum absolute atomic E-state index is 11.6. The van der Waals surface area contributed by atoms with Crippen LogP contribution in [0.15, 0.2) is 11.4 Å². The zero-order valence-corrected chi connectivity index (χ0v) is 15.8. The summed E-state index contributed by atoms with van der Waals surface area (Å²) >= 11 is 0. The fraction of sp³-hybridized carbons (Fsp3) is 0.588. The van der Waals surface area contributed by atoms with E-state index < -0.39 is 24.5 Å². The number of ether oxygens (including phenoxy) is 2. The number of carbonyl (C=O) groups excluding carboxylic acids is 1. The van der Waals surface area contributed by atoms with Crippen molar-refractivity contribution in [1.82, 2.24) is 19.5 Å². The first-order chi connectivity index (χ1) is 14.0. The molecule has 0 aromatic carbocycles. The maximum Gasteiger partial charge on any atom is 0.247 e. The van der Waals surface area contributed by atoms with Gasteiger partial charge in [0.15, 0.2) is 23.5 Å². The van der Waals surface area contributed by atoms with Gasteiger partial charge in [-0.15, -0.1) is 0 Å². The molecule has 0 spiro atoms. The number of nitrogen functional groups attached to an aromatic ring is 1. The van der Waals surface area contributed by atoms with Crippen molar-refractivity contribution in [2.45, 2.75) is 56.8 Å². The average molecular weight is 405 g/mol. The Kier molecular flexibility index (Phi) is 5.41. The van der Waals surface area contributed by atoms with E-state index >= 15 is 0 Å². The van der Waals surface area contributed by atoms with Crippen molar-refractivity contribution in [1.29, 1.82) is 0 Å². The van der Waals surface area contributed by atoms with E-state index in [1.54, 1.807) is 6.21 Å². The van der Waals surface area contributed by atoms with E-state index in [2.05, 4.69) is 25.5 Å². The Morgan fingerprint density at radius 3 is 2.90 bits per heavy atom. The Labute approximate surface area is 165 Å². The summed E-state index contributed by atoms with van der Waals surface area (Å²) in [6.07, 6.45) is 1.11. The van der Waals surface area contributed by atoms with Crippen molar-refractivity contribution < 1.29 is 24.5 Å². The second kappa shape index (κ2) is 7.99. The minimum Gasteiger partial charge on any atom is -0.387 e. The molecular weight excluding hydrogens is 382 g/mol. The van der Waals surface area contributed by atoms with Crippen LogP contribution in [0.3, 0.4) is 0 Å². The monoisotopic (exact) mass is 405 g/mol. The zero-order valence-electron chi connectivity index (χ0n) is 15.8. The lowest BCUT2D eigenvalue weighted by Crippen LogP contribution is -2.34. The molecule has 5 N–H and O–H groups in total. The number of Topliss-reactive ketones (excluding diaryl/α,β-unsaturated/α-hetero) is 1. The number of aliphatic hydroxyl groups excluding tert-OH is 2. The average Bonchev–Trinajstić information content (AvgIpc) is 3.25. The topological polar surface area (TPSA) is 170 Å². The Balaban J connectivity index is 1.58. The van der Waals surface area contributed by atoms with Crippen molar-refractivity contribution in [3.63, 3.8) is 0 Å². The van der Waals surface area contributed by atoms with Crippen molar-refractivity contribution >= 4 is 34.9 Å². The van der Waals surface area contributed by atoms with Gasteiger partial charge in [-0.25, -0.2) is 10.4 Å². The van der Waals surface area contributed by atoms with E-state index in [-0.39, 0.29) is 29.3 Å². The van der Waals surface area contributed by atoms with Crippen molar-refractivity contribution in [2.75, 3.05) is 17.8 Å². The van der Waals surface area contributed by atoms with Crippen LogP contribution < -0.4 is 11.2 Å². The molecule has 0 saturated carbocycles. The van der Waals surface area contributed by atoms with Gasteiger partial charge in [0.1, 0.15) is 23.8 Å². The van der Waals surface area contributed by atoms with Crippen molar-refractivity contribution in [3.8, 4) is 0 Å². The first kappa shape index (κ1) is 19.6. The molecular formula is C17H23N7O5. The van der Waals surface area contributed by atoms with Crippen LogP contribution in [0.25, 0.3) is 11.2 Å². The number of carbonyl (C=O) groups is 1. The van der Waals surface area contributed by atoms with Gasteiger partial charge in [0.05, 0.1) is 18.6 Å². The van der Waals surface area contributed by atoms with Gasteiger partial charge in [-0.2, -0.15) is 15.1 Å². The van der Waals surface area contributed by atoms with E-state index in [0.29, 0.717) is 12.1 Å². The fourth-order valence-corrected chi connectivity index (χ4v) is 3.46. The SMILES string of the molecule is CC(=O)[C@H]1O[C@@H](n2cnc3c(N)nc(N/N=C/C4CCCCO4)nc32)[C@H](O)[C@@H]1O. The molecule has 0 amide bonds. The molecule has 2 aromatic rings. The smallest absolute Gasteiger partial charge is 0.247 e. The highest BCUT2D eigenvalue weighted by Gasteiger charge is 2.46. The number of nitrogens with two attached hydrogens (primary N) is 1. The normalized spacial score (nSPS) is 30.2. The predicted octanol–water partition coefficient (Wildman–Crippen LogP) is -0.416. The van der Waals surface area contributed by atoms with Crippen LogP contribution in [0.4, 0.5) is 11.8 Å². The van der Waals surface area contributed by atoms with E-state index in [1.807, 2.05) is 0 Å². The summed E-state index contributed by atoms with van der Waals surface area (Å²) in [5.41, 5.74) is 9.26. The van der Waals surface area contributed by atoms with E-state index in [0.717, 1.165) is 19.3 Å². The van der Waals surface area contributed by atoms with Gasteiger partial charge >= 0.3 is 0 Å². The fourth-order valence-electron chi connectivity index (χ4n) is 3.46. The van der Waals surface area contributed by atoms with Crippen molar-refractivity contribution in [3.05, 3.63) is 6.33 Å². The second-order valence-electron chi connectivity index (χ2n) is 7.09. The molecule has 2 aromatic heterocycles. The summed E-state index contributed by atoms with van der Waals surface area (Å²) in [7, 11) is 0. The first-order valence-corrected chi connectivity index (χ1v) is 9.38. The summed E-state index contributed by atoms with van der Waals surface area (Å²) in [6.45, 7) is 1.99. The minimum atomic E-state index is -1.35. The third-order valence-electron chi connectivity index (χ3n) is 4.98. The molecule has 2 saturated heterocycles. The molecule has 4 rings (SSSR count). The quantitative estimate of drug-likeness (QED) is 0.378. The van der Waals surface area contributed by atoms with Gasteiger partial charge in [-0.05, 0) is 26.2 Å².